The number of likely N-dealkylation sites (N-methyl/N-ethyl adjacent to an activating group) is 1. The van der Waals surface area contributed by atoms with Gasteiger partial charge in [-0.25, -0.2) is 0 Å². The molecule has 1 saturated carbocycles. The molecule has 2 atom stereocenters. The van der Waals surface area contributed by atoms with Crippen molar-refractivity contribution >= 4 is 11.4 Å². The van der Waals surface area contributed by atoms with Crippen LogP contribution in [0.2, 0.25) is 0 Å². The van der Waals surface area contributed by atoms with E-state index >= 15 is 0 Å². The van der Waals surface area contributed by atoms with Crippen LogP contribution in [0.15, 0.2) is 0 Å². The third-order valence-electron chi connectivity index (χ3n) is 8.86. The van der Waals surface area contributed by atoms with Gasteiger partial charge in [-0.15, -0.1) is 0 Å². The molecule has 3 aliphatic heterocycles. The molecule has 5 aliphatic rings. The van der Waals surface area contributed by atoms with Crippen molar-refractivity contribution in [1.82, 2.24) is 14.8 Å². The van der Waals surface area contributed by atoms with E-state index in [0.717, 1.165) is 6.04 Å². The quantitative estimate of drug-likeness (QED) is 0.736. The van der Waals surface area contributed by atoms with Crippen molar-refractivity contribution in [2.45, 2.75) is 76.2 Å². The molecule has 0 amide bonds. The molecule has 5 nitrogen and oxygen atoms in total. The fourth-order valence-corrected chi connectivity index (χ4v) is 7.18. The Kier molecular flexibility index (Phi) is 5.60. The van der Waals surface area contributed by atoms with Crippen molar-refractivity contribution in [2.24, 2.45) is 0 Å². The van der Waals surface area contributed by atoms with Gasteiger partial charge in [0.05, 0.1) is 17.1 Å². The van der Waals surface area contributed by atoms with Crippen LogP contribution in [0.3, 0.4) is 0 Å². The predicted octanol–water partition coefficient (Wildman–Crippen LogP) is 3.65. The number of hydrogen-bond acceptors (Lipinski definition) is 5. The van der Waals surface area contributed by atoms with Gasteiger partial charge >= 0.3 is 0 Å². The van der Waals surface area contributed by atoms with Crippen molar-refractivity contribution in [1.29, 1.82) is 0 Å². The molecule has 170 valence electrons. The summed E-state index contributed by atoms with van der Waals surface area (Å²) in [6.45, 7) is 9.91. The number of rotatable bonds is 4. The molecule has 31 heavy (non-hydrogen) atoms. The summed E-state index contributed by atoms with van der Waals surface area (Å²) in [4.78, 5) is 16.2. The average Bonchev–Trinajstić information content (AvgIpc) is 2.98. The summed E-state index contributed by atoms with van der Waals surface area (Å²) in [5.74, 6) is 0.708. The van der Waals surface area contributed by atoms with E-state index in [-0.39, 0.29) is 0 Å². The Bertz CT molecular complexity index is 799. The lowest BCUT2D eigenvalue weighted by atomic mass is 9.83. The minimum absolute atomic E-state index is 0.708. The van der Waals surface area contributed by atoms with E-state index in [4.69, 9.17) is 4.98 Å². The van der Waals surface area contributed by atoms with E-state index in [2.05, 4.69) is 26.6 Å². The molecule has 0 radical (unpaired) electrons. The molecule has 1 aromatic rings. The number of hydrogen-bond donors (Lipinski definition) is 0. The number of piperazine rings is 1. The summed E-state index contributed by atoms with van der Waals surface area (Å²) in [6, 6.07) is 0.740. The number of nitrogens with zero attached hydrogens (tertiary/aromatic N) is 5. The van der Waals surface area contributed by atoms with Crippen molar-refractivity contribution in [2.75, 3.05) is 69.2 Å². The number of fused-ring (bicyclic) bond motifs is 5. The lowest BCUT2D eigenvalue weighted by molar-refractivity contribution is 0.153. The second-order valence-electron chi connectivity index (χ2n) is 10.8. The lowest BCUT2D eigenvalue weighted by Gasteiger charge is -2.34. The molecule has 2 aliphatic carbocycles. The molecule has 0 aromatic carbocycles. The van der Waals surface area contributed by atoms with Crippen LogP contribution in [-0.2, 0) is 12.8 Å². The summed E-state index contributed by atoms with van der Waals surface area (Å²) in [5.41, 5.74) is 7.85. The van der Waals surface area contributed by atoms with Crippen LogP contribution in [0.25, 0.3) is 0 Å². The van der Waals surface area contributed by atoms with Gasteiger partial charge in [-0.3, -0.25) is 4.98 Å². The zero-order chi connectivity index (χ0) is 20.8. The van der Waals surface area contributed by atoms with Crippen molar-refractivity contribution in [3.63, 3.8) is 0 Å². The van der Waals surface area contributed by atoms with Gasteiger partial charge < -0.3 is 19.6 Å². The number of aryl methyl sites for hydroxylation is 1. The van der Waals surface area contributed by atoms with E-state index in [9.17, 15) is 0 Å². The third kappa shape index (κ3) is 3.66. The molecule has 6 rings (SSSR count). The fourth-order valence-electron chi connectivity index (χ4n) is 7.18. The Morgan fingerprint density at radius 1 is 0.806 bits per heavy atom. The highest BCUT2D eigenvalue weighted by molar-refractivity contribution is 5.82. The Labute approximate surface area is 188 Å². The van der Waals surface area contributed by atoms with E-state index in [1.807, 2.05) is 0 Å². The van der Waals surface area contributed by atoms with E-state index in [0.29, 0.717) is 5.92 Å². The molecule has 4 heterocycles. The normalized spacial score (nSPS) is 28.8. The van der Waals surface area contributed by atoms with Crippen LogP contribution in [-0.4, -0.2) is 80.2 Å². The molecule has 2 unspecified atom stereocenters. The molecule has 0 bridgehead atoms. The average molecular weight is 424 g/mol. The SMILES string of the molecule is CN1CCN(CCCN2CCCN3c4c(nc5c(c42)CCCC5)C2CCCCC23)CC1. The first-order valence-corrected chi connectivity index (χ1v) is 13.3. The fraction of sp³-hybridized carbons (Fsp3) is 0.808. The molecule has 2 fully saturated rings. The van der Waals surface area contributed by atoms with Crippen LogP contribution in [0.4, 0.5) is 11.4 Å². The monoisotopic (exact) mass is 423 g/mol. The van der Waals surface area contributed by atoms with E-state index in [1.165, 1.54) is 128 Å². The Hall–Kier alpha value is -1.33. The maximum Gasteiger partial charge on any atom is 0.0832 e. The number of pyridine rings is 1. The molecule has 1 aromatic heterocycles. The summed E-state index contributed by atoms with van der Waals surface area (Å²) in [6.07, 6.45) is 13.3. The minimum Gasteiger partial charge on any atom is -0.369 e. The maximum absolute atomic E-state index is 5.43. The van der Waals surface area contributed by atoms with E-state index in [1.54, 1.807) is 16.9 Å². The van der Waals surface area contributed by atoms with E-state index < -0.39 is 0 Å². The first-order valence-electron chi connectivity index (χ1n) is 13.3. The smallest absolute Gasteiger partial charge is 0.0832 e. The first kappa shape index (κ1) is 20.3. The van der Waals surface area contributed by atoms with Gasteiger partial charge in [-0.05, 0) is 70.5 Å². The standard InChI is InChI=1S/C26H41N5/c1-28-16-18-29(19-17-28)12-6-13-30-14-7-15-31-23-11-5-3-9-21(23)24-26(31)25(30)20-8-2-4-10-22(20)27-24/h21,23H,2-19H2,1H3. The summed E-state index contributed by atoms with van der Waals surface area (Å²) < 4.78 is 0. The van der Waals surface area contributed by atoms with Gasteiger partial charge in [0.2, 0.25) is 0 Å². The topological polar surface area (TPSA) is 25.9 Å². The van der Waals surface area contributed by atoms with Crippen LogP contribution in [0, 0.1) is 0 Å². The van der Waals surface area contributed by atoms with Gasteiger partial charge in [-0.2, -0.15) is 0 Å². The van der Waals surface area contributed by atoms with Crippen molar-refractivity contribution < 1.29 is 0 Å². The second-order valence-corrected chi connectivity index (χ2v) is 10.8. The first-order chi connectivity index (χ1) is 15.3. The third-order valence-corrected chi connectivity index (χ3v) is 8.86. The predicted molar refractivity (Wildman–Crippen MR) is 129 cm³/mol. The highest BCUT2D eigenvalue weighted by atomic mass is 15.3. The molecule has 1 saturated heterocycles. The van der Waals surface area contributed by atoms with Gasteiger partial charge in [0.1, 0.15) is 0 Å². The highest BCUT2D eigenvalue weighted by Gasteiger charge is 2.45. The summed E-state index contributed by atoms with van der Waals surface area (Å²) in [7, 11) is 2.26. The van der Waals surface area contributed by atoms with Crippen LogP contribution in [0.1, 0.15) is 74.2 Å². The number of anilines is 2. The minimum atomic E-state index is 0.708. The van der Waals surface area contributed by atoms with Gasteiger partial charge in [0.15, 0.2) is 0 Å². The molecule has 5 heteroatoms. The molecule has 0 spiro atoms. The zero-order valence-corrected chi connectivity index (χ0v) is 19.6. The Morgan fingerprint density at radius 2 is 1.65 bits per heavy atom. The maximum atomic E-state index is 5.43. The largest absolute Gasteiger partial charge is 0.369 e. The van der Waals surface area contributed by atoms with Crippen molar-refractivity contribution in [3.8, 4) is 0 Å². The van der Waals surface area contributed by atoms with Crippen molar-refractivity contribution in [3.05, 3.63) is 17.0 Å². The molecular weight excluding hydrogens is 382 g/mol. The van der Waals surface area contributed by atoms with Crippen LogP contribution >= 0.6 is 0 Å². The highest BCUT2D eigenvalue weighted by Crippen LogP contribution is 2.53. The Morgan fingerprint density at radius 3 is 2.55 bits per heavy atom. The van der Waals surface area contributed by atoms with Crippen LogP contribution in [0.5, 0.6) is 0 Å². The lowest BCUT2D eigenvalue weighted by Crippen LogP contribution is -2.45. The summed E-state index contributed by atoms with van der Waals surface area (Å²) >= 11 is 0. The summed E-state index contributed by atoms with van der Waals surface area (Å²) in [5, 5.41) is 0. The van der Waals surface area contributed by atoms with Crippen LogP contribution < -0.4 is 9.80 Å². The number of aromatic nitrogens is 1. The second kappa shape index (κ2) is 8.55. The Balaban J connectivity index is 1.29. The van der Waals surface area contributed by atoms with Gasteiger partial charge in [-0.1, -0.05) is 12.8 Å². The van der Waals surface area contributed by atoms with Gasteiger partial charge in [0.25, 0.3) is 0 Å². The van der Waals surface area contributed by atoms with Gasteiger partial charge in [0, 0.05) is 63.5 Å². The molecule has 0 N–H and O–H groups in total. The zero-order valence-electron chi connectivity index (χ0n) is 19.6. The molecular formula is C26H41N5.